The number of carbonyl (C=O) groups is 4. The largest absolute Gasteiger partial charge is 0.462 e. The second-order valence-electron chi connectivity index (χ2n) is 3.92. The fourth-order valence-corrected chi connectivity index (χ4v) is 1.38. The molecule has 0 radical (unpaired) electrons. The zero-order valence-corrected chi connectivity index (χ0v) is 11.7. The number of hydrogen-bond donors (Lipinski definition) is 2. The monoisotopic (exact) mass is 294 g/mol. The van der Waals surface area contributed by atoms with Crippen LogP contribution in [-0.2, 0) is 28.7 Å². The van der Waals surface area contributed by atoms with Gasteiger partial charge in [0.05, 0.1) is 14.2 Å². The maximum Gasteiger partial charge on any atom is 0.396 e. The summed E-state index contributed by atoms with van der Waals surface area (Å²) in [5.41, 5.74) is 1.22. The predicted octanol–water partition coefficient (Wildman–Crippen LogP) is 0.218. The Morgan fingerprint density at radius 3 is 1.95 bits per heavy atom. The lowest BCUT2D eigenvalue weighted by molar-refractivity contribution is -0.150. The molecule has 1 rings (SSSR count). The summed E-state index contributed by atoms with van der Waals surface area (Å²) in [4.78, 5) is 44.9. The van der Waals surface area contributed by atoms with E-state index in [1.165, 1.54) is 12.1 Å². The van der Waals surface area contributed by atoms with E-state index in [0.717, 1.165) is 14.2 Å². The molecule has 0 aliphatic heterocycles. The van der Waals surface area contributed by atoms with Gasteiger partial charge in [-0.3, -0.25) is 9.59 Å². The molecule has 112 valence electrons. The molecule has 0 aromatic heterocycles. The number of anilines is 2. The van der Waals surface area contributed by atoms with Gasteiger partial charge < -0.3 is 20.1 Å². The molecule has 1 aromatic rings. The van der Waals surface area contributed by atoms with Crippen LogP contribution in [0.25, 0.3) is 0 Å². The minimum atomic E-state index is -1.05. The lowest BCUT2D eigenvalue weighted by Gasteiger charge is -2.10. The Labute approximate surface area is 120 Å². The average molecular weight is 294 g/mol. The summed E-state index contributed by atoms with van der Waals surface area (Å²) < 4.78 is 8.55. The third-order valence-corrected chi connectivity index (χ3v) is 2.49. The molecule has 0 fully saturated rings. The standard InChI is InChI=1S/C13H14N2O6/c1-7-4-5-8(14-10(16)12(18)20-2)6-9(7)15-11(17)13(19)21-3/h4-6H,1-3H3,(H,14,16)(H,15,17). The molecule has 0 bridgehead atoms. The van der Waals surface area contributed by atoms with Crippen molar-refractivity contribution in [1.29, 1.82) is 0 Å². The molecule has 8 nitrogen and oxygen atoms in total. The lowest BCUT2D eigenvalue weighted by atomic mass is 10.1. The van der Waals surface area contributed by atoms with Crippen LogP contribution in [0.1, 0.15) is 5.56 Å². The van der Waals surface area contributed by atoms with Crippen molar-refractivity contribution in [2.75, 3.05) is 24.9 Å². The van der Waals surface area contributed by atoms with Gasteiger partial charge in [-0.15, -0.1) is 0 Å². The number of nitrogens with one attached hydrogen (secondary N) is 2. The number of benzene rings is 1. The van der Waals surface area contributed by atoms with Crippen LogP contribution < -0.4 is 10.6 Å². The maximum atomic E-state index is 11.4. The zero-order chi connectivity index (χ0) is 16.0. The molecule has 8 heteroatoms. The molecular weight excluding hydrogens is 280 g/mol. The van der Waals surface area contributed by atoms with Crippen LogP contribution >= 0.6 is 0 Å². The van der Waals surface area contributed by atoms with Crippen LogP contribution in [0.15, 0.2) is 18.2 Å². The zero-order valence-electron chi connectivity index (χ0n) is 11.7. The minimum absolute atomic E-state index is 0.260. The van der Waals surface area contributed by atoms with Crippen LogP contribution in [-0.4, -0.2) is 38.0 Å². The Bertz CT molecular complexity index is 596. The van der Waals surface area contributed by atoms with Crippen molar-refractivity contribution in [3.8, 4) is 0 Å². The van der Waals surface area contributed by atoms with E-state index >= 15 is 0 Å². The summed E-state index contributed by atoms with van der Waals surface area (Å²) in [6.45, 7) is 1.69. The van der Waals surface area contributed by atoms with Gasteiger partial charge in [0.15, 0.2) is 0 Å². The SMILES string of the molecule is COC(=O)C(=O)Nc1ccc(C)c(NC(=O)C(=O)OC)c1. The Morgan fingerprint density at radius 2 is 1.43 bits per heavy atom. The normalized spacial score (nSPS) is 9.48. The second kappa shape index (κ2) is 7.04. The third kappa shape index (κ3) is 4.30. The summed E-state index contributed by atoms with van der Waals surface area (Å²) in [5, 5.41) is 4.63. The lowest BCUT2D eigenvalue weighted by Crippen LogP contribution is -2.25. The number of amides is 2. The first kappa shape index (κ1) is 16.2. The number of methoxy groups -OCH3 is 2. The molecule has 0 spiro atoms. The van der Waals surface area contributed by atoms with Crippen molar-refractivity contribution < 1.29 is 28.7 Å². The first-order valence-corrected chi connectivity index (χ1v) is 5.78. The molecule has 0 saturated heterocycles. The van der Waals surface area contributed by atoms with E-state index in [2.05, 4.69) is 20.1 Å². The molecule has 2 amide bonds. The van der Waals surface area contributed by atoms with Gasteiger partial charge in [-0.2, -0.15) is 0 Å². The highest BCUT2D eigenvalue weighted by atomic mass is 16.5. The first-order chi connectivity index (χ1) is 9.88. The van der Waals surface area contributed by atoms with Gasteiger partial charge in [0.1, 0.15) is 0 Å². The number of rotatable bonds is 2. The first-order valence-electron chi connectivity index (χ1n) is 5.78. The molecule has 1 aromatic carbocycles. The van der Waals surface area contributed by atoms with Crippen LogP contribution in [0, 0.1) is 6.92 Å². The average Bonchev–Trinajstić information content (AvgIpc) is 2.48. The van der Waals surface area contributed by atoms with Gasteiger partial charge in [-0.1, -0.05) is 6.07 Å². The molecule has 21 heavy (non-hydrogen) atoms. The van der Waals surface area contributed by atoms with Gasteiger partial charge in [0, 0.05) is 11.4 Å². The fourth-order valence-electron chi connectivity index (χ4n) is 1.38. The van der Waals surface area contributed by atoms with E-state index in [4.69, 9.17) is 0 Å². The molecule has 0 heterocycles. The molecule has 0 atom stereocenters. The summed E-state index contributed by atoms with van der Waals surface area (Å²) in [5.74, 6) is -3.99. The second-order valence-corrected chi connectivity index (χ2v) is 3.92. The van der Waals surface area contributed by atoms with Crippen LogP contribution in [0.4, 0.5) is 11.4 Å². The number of esters is 2. The molecule has 0 aliphatic rings. The van der Waals surface area contributed by atoms with E-state index in [9.17, 15) is 19.2 Å². The van der Waals surface area contributed by atoms with Crippen LogP contribution in [0.3, 0.4) is 0 Å². The highest BCUT2D eigenvalue weighted by molar-refractivity contribution is 6.38. The smallest absolute Gasteiger partial charge is 0.396 e. The van der Waals surface area contributed by atoms with E-state index in [1.54, 1.807) is 13.0 Å². The summed E-state index contributed by atoms with van der Waals surface area (Å²) in [6.07, 6.45) is 0. The van der Waals surface area contributed by atoms with Crippen LogP contribution in [0.5, 0.6) is 0 Å². The Hall–Kier alpha value is -2.90. The predicted molar refractivity (Wildman–Crippen MR) is 72.5 cm³/mol. The minimum Gasteiger partial charge on any atom is -0.462 e. The van der Waals surface area contributed by atoms with Gasteiger partial charge >= 0.3 is 23.8 Å². The highest BCUT2D eigenvalue weighted by Crippen LogP contribution is 2.20. The molecule has 2 N–H and O–H groups in total. The van der Waals surface area contributed by atoms with E-state index in [-0.39, 0.29) is 5.69 Å². The van der Waals surface area contributed by atoms with Gasteiger partial charge in [-0.25, -0.2) is 9.59 Å². The summed E-state index contributed by atoms with van der Waals surface area (Å²) in [6, 6.07) is 4.53. The number of ether oxygens (including phenoxy) is 2. The van der Waals surface area contributed by atoms with Crippen molar-refractivity contribution in [2.24, 2.45) is 0 Å². The Morgan fingerprint density at radius 1 is 0.905 bits per heavy atom. The summed E-state index contributed by atoms with van der Waals surface area (Å²) in [7, 11) is 2.17. The topological polar surface area (TPSA) is 111 Å². The molecular formula is C13H14N2O6. The van der Waals surface area contributed by atoms with Crippen molar-refractivity contribution in [1.82, 2.24) is 0 Å². The van der Waals surface area contributed by atoms with Gasteiger partial charge in [-0.05, 0) is 24.6 Å². The summed E-state index contributed by atoms with van der Waals surface area (Å²) >= 11 is 0. The quantitative estimate of drug-likeness (QED) is 0.596. The van der Waals surface area contributed by atoms with Crippen molar-refractivity contribution >= 4 is 35.1 Å². The van der Waals surface area contributed by atoms with Gasteiger partial charge in [0.25, 0.3) is 0 Å². The van der Waals surface area contributed by atoms with Crippen molar-refractivity contribution in [3.63, 3.8) is 0 Å². The maximum absolute atomic E-state index is 11.4. The Balaban J connectivity index is 2.90. The third-order valence-electron chi connectivity index (χ3n) is 2.49. The Kier molecular flexibility index (Phi) is 5.41. The van der Waals surface area contributed by atoms with Crippen LogP contribution in [0.2, 0.25) is 0 Å². The van der Waals surface area contributed by atoms with Crippen molar-refractivity contribution in [2.45, 2.75) is 6.92 Å². The molecule has 0 aliphatic carbocycles. The molecule has 0 saturated carbocycles. The highest BCUT2D eigenvalue weighted by Gasteiger charge is 2.17. The van der Waals surface area contributed by atoms with Crippen molar-refractivity contribution in [3.05, 3.63) is 23.8 Å². The van der Waals surface area contributed by atoms with E-state index in [1.807, 2.05) is 0 Å². The number of carbonyl (C=O) groups excluding carboxylic acids is 4. The molecule has 0 unspecified atom stereocenters. The number of hydrogen-bond acceptors (Lipinski definition) is 6. The van der Waals surface area contributed by atoms with E-state index in [0.29, 0.717) is 11.3 Å². The fraction of sp³-hybridized carbons (Fsp3) is 0.231. The van der Waals surface area contributed by atoms with Gasteiger partial charge in [0.2, 0.25) is 0 Å². The number of aryl methyl sites for hydroxylation is 1. The van der Waals surface area contributed by atoms with E-state index < -0.39 is 23.8 Å².